The summed E-state index contributed by atoms with van der Waals surface area (Å²) < 4.78 is 43.4. The average molecular weight is 311 g/mol. The van der Waals surface area contributed by atoms with Crippen LogP contribution in [0.2, 0.25) is 0 Å². The maximum absolute atomic E-state index is 14.3. The summed E-state index contributed by atoms with van der Waals surface area (Å²) in [7, 11) is 0. The Labute approximate surface area is 130 Å². The van der Waals surface area contributed by atoms with E-state index in [0.717, 1.165) is 11.6 Å². The van der Waals surface area contributed by atoms with Gasteiger partial charge in [-0.15, -0.1) is 0 Å². The zero-order valence-corrected chi connectivity index (χ0v) is 12.1. The molecule has 0 fully saturated rings. The van der Waals surface area contributed by atoms with E-state index in [4.69, 9.17) is 0 Å². The lowest BCUT2D eigenvalue weighted by Gasteiger charge is -2.08. The maximum Gasteiger partial charge on any atom is 0.136 e. The van der Waals surface area contributed by atoms with E-state index in [2.05, 4.69) is 0 Å². The Bertz CT molecular complexity index is 1020. The normalized spacial score (nSPS) is 11.4. The Morgan fingerprint density at radius 3 is 2.30 bits per heavy atom. The number of fused-ring (bicyclic) bond motifs is 3. The summed E-state index contributed by atoms with van der Waals surface area (Å²) >= 11 is 0. The van der Waals surface area contributed by atoms with Crippen molar-refractivity contribution in [2.24, 2.45) is 0 Å². The van der Waals surface area contributed by atoms with Crippen molar-refractivity contribution in [3.05, 3.63) is 83.7 Å². The summed E-state index contributed by atoms with van der Waals surface area (Å²) in [5, 5.41) is 0.699. The van der Waals surface area contributed by atoms with Gasteiger partial charge in [0.2, 0.25) is 0 Å². The van der Waals surface area contributed by atoms with Crippen LogP contribution in [0, 0.1) is 17.5 Å². The molecule has 0 amide bonds. The zero-order valence-electron chi connectivity index (χ0n) is 12.1. The van der Waals surface area contributed by atoms with E-state index in [1.54, 1.807) is 6.07 Å². The van der Waals surface area contributed by atoms with Gasteiger partial charge in [0.15, 0.2) is 0 Å². The first-order valence-corrected chi connectivity index (χ1v) is 7.24. The standard InChI is InChI=1S/C19H12F3N/c20-13-6-7-17-15(8-13)19-16(22)9-14(21)10-18(19)23(17)11-12-4-2-1-3-5-12/h1-10H,11H2. The van der Waals surface area contributed by atoms with Crippen molar-refractivity contribution < 1.29 is 13.2 Å². The summed E-state index contributed by atoms with van der Waals surface area (Å²) in [6.07, 6.45) is 0. The van der Waals surface area contributed by atoms with Crippen LogP contribution < -0.4 is 0 Å². The highest BCUT2D eigenvalue weighted by molar-refractivity contribution is 6.08. The Morgan fingerprint density at radius 1 is 0.739 bits per heavy atom. The number of hydrogen-bond acceptors (Lipinski definition) is 0. The smallest absolute Gasteiger partial charge is 0.136 e. The molecule has 0 saturated carbocycles. The average Bonchev–Trinajstić information content (AvgIpc) is 2.82. The molecule has 0 aliphatic rings. The van der Waals surface area contributed by atoms with Gasteiger partial charge < -0.3 is 4.57 Å². The van der Waals surface area contributed by atoms with Gasteiger partial charge in [-0.3, -0.25) is 0 Å². The Morgan fingerprint density at radius 2 is 1.52 bits per heavy atom. The predicted octanol–water partition coefficient (Wildman–Crippen LogP) is 5.26. The number of rotatable bonds is 2. The van der Waals surface area contributed by atoms with Crippen LogP contribution in [0.5, 0.6) is 0 Å². The molecular weight excluding hydrogens is 299 g/mol. The highest BCUT2D eigenvalue weighted by atomic mass is 19.1. The first kappa shape index (κ1) is 13.9. The van der Waals surface area contributed by atoms with Crippen molar-refractivity contribution in [3.63, 3.8) is 0 Å². The van der Waals surface area contributed by atoms with E-state index >= 15 is 0 Å². The SMILES string of the molecule is Fc1ccc2c(c1)c1c(F)cc(F)cc1n2Cc1ccccc1. The van der Waals surface area contributed by atoms with Crippen LogP contribution in [-0.2, 0) is 6.54 Å². The molecule has 0 bridgehead atoms. The summed E-state index contributed by atoms with van der Waals surface area (Å²) in [5.41, 5.74) is 2.10. The summed E-state index contributed by atoms with van der Waals surface area (Å²) in [6.45, 7) is 0.454. The van der Waals surface area contributed by atoms with Gasteiger partial charge in [0.05, 0.1) is 5.52 Å². The number of hydrogen-bond donors (Lipinski definition) is 0. The predicted molar refractivity (Wildman–Crippen MR) is 84.9 cm³/mol. The van der Waals surface area contributed by atoms with Crippen LogP contribution in [0.15, 0.2) is 60.7 Å². The van der Waals surface area contributed by atoms with Crippen molar-refractivity contribution in [2.45, 2.75) is 6.54 Å². The molecule has 0 unspecified atom stereocenters. The maximum atomic E-state index is 14.3. The molecule has 114 valence electrons. The summed E-state index contributed by atoms with van der Waals surface area (Å²) in [6, 6.07) is 16.0. The highest BCUT2D eigenvalue weighted by Gasteiger charge is 2.16. The summed E-state index contributed by atoms with van der Waals surface area (Å²) in [4.78, 5) is 0. The highest BCUT2D eigenvalue weighted by Crippen LogP contribution is 2.32. The molecule has 23 heavy (non-hydrogen) atoms. The van der Waals surface area contributed by atoms with Gasteiger partial charge in [-0.1, -0.05) is 30.3 Å². The number of benzene rings is 3. The monoisotopic (exact) mass is 311 g/mol. The molecular formula is C19H12F3N. The van der Waals surface area contributed by atoms with Crippen LogP contribution >= 0.6 is 0 Å². The third kappa shape index (κ3) is 2.27. The molecule has 0 aliphatic heterocycles. The molecule has 1 heterocycles. The molecule has 4 aromatic rings. The fourth-order valence-electron chi connectivity index (χ4n) is 3.05. The summed E-state index contributed by atoms with van der Waals surface area (Å²) in [5.74, 6) is -1.77. The van der Waals surface area contributed by atoms with Crippen molar-refractivity contribution in [1.29, 1.82) is 0 Å². The van der Waals surface area contributed by atoms with Crippen LogP contribution in [0.1, 0.15) is 5.56 Å². The largest absolute Gasteiger partial charge is 0.336 e. The van der Waals surface area contributed by atoms with Gasteiger partial charge in [0, 0.05) is 28.9 Å². The zero-order chi connectivity index (χ0) is 16.0. The molecule has 1 aromatic heterocycles. The second-order valence-electron chi connectivity index (χ2n) is 5.51. The van der Waals surface area contributed by atoms with Crippen LogP contribution in [0.3, 0.4) is 0 Å². The topological polar surface area (TPSA) is 4.93 Å². The van der Waals surface area contributed by atoms with E-state index in [-0.39, 0.29) is 5.39 Å². The van der Waals surface area contributed by atoms with Gasteiger partial charge >= 0.3 is 0 Å². The van der Waals surface area contributed by atoms with Crippen LogP contribution in [0.4, 0.5) is 13.2 Å². The van der Waals surface area contributed by atoms with Gasteiger partial charge in [-0.2, -0.15) is 0 Å². The number of halogens is 3. The van der Waals surface area contributed by atoms with Crippen molar-refractivity contribution in [1.82, 2.24) is 4.57 Å². The Kier molecular flexibility index (Phi) is 3.11. The van der Waals surface area contributed by atoms with Gasteiger partial charge in [0.1, 0.15) is 17.5 Å². The van der Waals surface area contributed by atoms with Crippen molar-refractivity contribution in [3.8, 4) is 0 Å². The molecule has 0 aliphatic carbocycles. The minimum Gasteiger partial charge on any atom is -0.336 e. The van der Waals surface area contributed by atoms with Gasteiger partial charge in [-0.05, 0) is 29.8 Å². The van der Waals surface area contributed by atoms with E-state index in [1.807, 2.05) is 34.9 Å². The van der Waals surface area contributed by atoms with Crippen molar-refractivity contribution >= 4 is 21.8 Å². The minimum absolute atomic E-state index is 0.247. The van der Waals surface area contributed by atoms with Gasteiger partial charge in [-0.25, -0.2) is 13.2 Å². The second kappa shape index (κ2) is 5.16. The Balaban J connectivity index is 2.07. The number of nitrogens with zero attached hydrogens (tertiary/aromatic N) is 1. The minimum atomic E-state index is -0.678. The fraction of sp³-hybridized carbons (Fsp3) is 0.0526. The molecule has 1 nitrogen and oxygen atoms in total. The second-order valence-corrected chi connectivity index (χ2v) is 5.51. The first-order chi connectivity index (χ1) is 11.1. The third-order valence-corrected chi connectivity index (χ3v) is 4.03. The van der Waals surface area contributed by atoms with Gasteiger partial charge in [0.25, 0.3) is 0 Å². The molecule has 4 rings (SSSR count). The van der Waals surface area contributed by atoms with Crippen LogP contribution in [-0.4, -0.2) is 4.57 Å². The molecule has 0 N–H and O–H groups in total. The molecule has 0 atom stereocenters. The molecule has 0 saturated heterocycles. The quantitative estimate of drug-likeness (QED) is 0.476. The third-order valence-electron chi connectivity index (χ3n) is 4.03. The number of aromatic nitrogens is 1. The lowest BCUT2D eigenvalue weighted by molar-refractivity contribution is 0.591. The van der Waals surface area contributed by atoms with E-state index in [1.165, 1.54) is 18.2 Å². The van der Waals surface area contributed by atoms with E-state index < -0.39 is 17.5 Å². The van der Waals surface area contributed by atoms with Crippen molar-refractivity contribution in [2.75, 3.05) is 0 Å². The fourth-order valence-corrected chi connectivity index (χ4v) is 3.05. The molecule has 4 heteroatoms. The Hall–Kier alpha value is -2.75. The first-order valence-electron chi connectivity index (χ1n) is 7.24. The molecule has 0 radical (unpaired) electrons. The van der Waals surface area contributed by atoms with E-state index in [9.17, 15) is 13.2 Å². The lowest BCUT2D eigenvalue weighted by atomic mass is 10.1. The molecule has 0 spiro atoms. The van der Waals surface area contributed by atoms with Crippen LogP contribution in [0.25, 0.3) is 21.8 Å². The lowest BCUT2D eigenvalue weighted by Crippen LogP contribution is -1.99. The molecule has 3 aromatic carbocycles. The van der Waals surface area contributed by atoms with E-state index in [0.29, 0.717) is 23.0 Å².